The van der Waals surface area contributed by atoms with Gasteiger partial charge in [-0.05, 0) is 24.1 Å². The average molecular weight is 244 g/mol. The van der Waals surface area contributed by atoms with Crippen molar-refractivity contribution in [1.82, 2.24) is 0 Å². The van der Waals surface area contributed by atoms with Crippen molar-refractivity contribution < 1.29 is 13.9 Å². The minimum atomic E-state index is -0.466. The third-order valence-electron chi connectivity index (χ3n) is 2.81. The second-order valence-electron chi connectivity index (χ2n) is 3.97. The molecule has 0 radical (unpaired) electrons. The SMILES string of the molecule is COC(=O)c1ccccc1-c1cccc(C)c1F. The normalized spacial score (nSPS) is 10.2. The van der Waals surface area contributed by atoms with Crippen molar-refractivity contribution in [3.8, 4) is 11.1 Å². The lowest BCUT2D eigenvalue weighted by Gasteiger charge is -2.10. The van der Waals surface area contributed by atoms with Crippen molar-refractivity contribution in [3.05, 3.63) is 59.4 Å². The number of carbonyl (C=O) groups excluding carboxylic acids is 1. The van der Waals surface area contributed by atoms with E-state index in [2.05, 4.69) is 0 Å². The minimum Gasteiger partial charge on any atom is -0.465 e. The van der Waals surface area contributed by atoms with E-state index in [1.165, 1.54) is 7.11 Å². The number of benzene rings is 2. The molecule has 0 aliphatic heterocycles. The van der Waals surface area contributed by atoms with Gasteiger partial charge in [-0.25, -0.2) is 9.18 Å². The van der Waals surface area contributed by atoms with Gasteiger partial charge in [-0.15, -0.1) is 0 Å². The average Bonchev–Trinajstić information content (AvgIpc) is 2.41. The number of hydrogen-bond donors (Lipinski definition) is 0. The molecule has 0 heterocycles. The topological polar surface area (TPSA) is 26.3 Å². The predicted octanol–water partition coefficient (Wildman–Crippen LogP) is 3.59. The Balaban J connectivity index is 2.64. The van der Waals surface area contributed by atoms with Crippen molar-refractivity contribution in [2.24, 2.45) is 0 Å². The van der Waals surface area contributed by atoms with Gasteiger partial charge in [-0.2, -0.15) is 0 Å². The van der Waals surface area contributed by atoms with E-state index in [1.54, 1.807) is 49.4 Å². The van der Waals surface area contributed by atoms with Gasteiger partial charge in [0, 0.05) is 5.56 Å². The van der Waals surface area contributed by atoms with Crippen LogP contribution in [0.5, 0.6) is 0 Å². The molecule has 92 valence electrons. The van der Waals surface area contributed by atoms with Crippen LogP contribution < -0.4 is 0 Å². The van der Waals surface area contributed by atoms with E-state index in [0.717, 1.165) is 0 Å². The monoisotopic (exact) mass is 244 g/mol. The summed E-state index contributed by atoms with van der Waals surface area (Å²) in [6, 6.07) is 11.9. The molecule has 3 heteroatoms. The number of methoxy groups -OCH3 is 1. The van der Waals surface area contributed by atoms with Crippen LogP contribution in [-0.2, 0) is 4.74 Å². The number of carbonyl (C=O) groups is 1. The van der Waals surface area contributed by atoms with Crippen LogP contribution >= 0.6 is 0 Å². The minimum absolute atomic E-state index is 0.311. The maximum Gasteiger partial charge on any atom is 0.338 e. The van der Waals surface area contributed by atoms with E-state index >= 15 is 0 Å². The molecule has 2 nitrogen and oxygen atoms in total. The van der Waals surface area contributed by atoms with Gasteiger partial charge in [-0.3, -0.25) is 0 Å². The fraction of sp³-hybridized carbons (Fsp3) is 0.133. The highest BCUT2D eigenvalue weighted by molar-refractivity contribution is 5.97. The molecule has 0 aromatic heterocycles. The molecule has 0 N–H and O–H groups in total. The van der Waals surface area contributed by atoms with Gasteiger partial charge < -0.3 is 4.74 Å². The lowest BCUT2D eigenvalue weighted by Crippen LogP contribution is -2.04. The molecule has 0 fully saturated rings. The molecular weight excluding hydrogens is 231 g/mol. The van der Waals surface area contributed by atoms with Gasteiger partial charge in [-0.1, -0.05) is 36.4 Å². The van der Waals surface area contributed by atoms with Gasteiger partial charge in [0.15, 0.2) is 0 Å². The van der Waals surface area contributed by atoms with Crippen LogP contribution in [0.15, 0.2) is 42.5 Å². The maximum atomic E-state index is 14.1. The number of ether oxygens (including phenoxy) is 1. The van der Waals surface area contributed by atoms with Crippen LogP contribution in [0.2, 0.25) is 0 Å². The molecule has 0 aliphatic carbocycles. The van der Waals surface area contributed by atoms with Gasteiger partial charge in [0.05, 0.1) is 12.7 Å². The van der Waals surface area contributed by atoms with Gasteiger partial charge >= 0.3 is 5.97 Å². The molecule has 18 heavy (non-hydrogen) atoms. The van der Waals surface area contributed by atoms with Crippen LogP contribution in [0.25, 0.3) is 11.1 Å². The molecule has 0 unspecified atom stereocenters. The van der Waals surface area contributed by atoms with Gasteiger partial charge in [0.1, 0.15) is 5.82 Å². The molecule has 0 saturated carbocycles. The zero-order chi connectivity index (χ0) is 13.1. The first-order chi connectivity index (χ1) is 8.65. The van der Waals surface area contributed by atoms with E-state index in [1.807, 2.05) is 0 Å². The first-order valence-electron chi connectivity index (χ1n) is 5.58. The van der Waals surface area contributed by atoms with Gasteiger partial charge in [0.25, 0.3) is 0 Å². The quantitative estimate of drug-likeness (QED) is 0.755. The summed E-state index contributed by atoms with van der Waals surface area (Å²) < 4.78 is 18.8. The fourth-order valence-electron chi connectivity index (χ4n) is 1.86. The Hall–Kier alpha value is -2.16. The maximum absolute atomic E-state index is 14.1. The molecule has 2 aromatic carbocycles. The molecule has 0 bridgehead atoms. The molecule has 0 saturated heterocycles. The first-order valence-corrected chi connectivity index (χ1v) is 5.58. The Morgan fingerprint density at radius 3 is 2.44 bits per heavy atom. The van der Waals surface area contributed by atoms with E-state index < -0.39 is 5.97 Å². The van der Waals surface area contributed by atoms with Crippen LogP contribution in [0.1, 0.15) is 15.9 Å². The summed E-state index contributed by atoms with van der Waals surface area (Å²) in [5.41, 5.74) is 1.87. The predicted molar refractivity (Wildman–Crippen MR) is 67.9 cm³/mol. The highest BCUT2D eigenvalue weighted by atomic mass is 19.1. The zero-order valence-corrected chi connectivity index (χ0v) is 10.2. The Labute approximate surface area is 105 Å². The largest absolute Gasteiger partial charge is 0.465 e. The Kier molecular flexibility index (Phi) is 3.42. The highest BCUT2D eigenvalue weighted by Gasteiger charge is 2.15. The highest BCUT2D eigenvalue weighted by Crippen LogP contribution is 2.28. The van der Waals surface area contributed by atoms with E-state index in [-0.39, 0.29) is 5.82 Å². The summed E-state index contributed by atoms with van der Waals surface area (Å²) in [4.78, 5) is 11.7. The summed E-state index contributed by atoms with van der Waals surface area (Å²) in [6.45, 7) is 1.69. The standard InChI is InChI=1S/C15H13FO2/c1-10-6-5-9-12(14(10)16)11-7-3-4-8-13(11)15(17)18-2/h3-9H,1-2H3. The number of rotatable bonds is 2. The van der Waals surface area contributed by atoms with E-state index in [0.29, 0.717) is 22.3 Å². The molecule has 0 atom stereocenters. The lowest BCUT2D eigenvalue weighted by atomic mass is 9.98. The Morgan fingerprint density at radius 2 is 1.72 bits per heavy atom. The number of esters is 1. The Morgan fingerprint density at radius 1 is 1.06 bits per heavy atom. The third kappa shape index (κ3) is 2.12. The Bertz CT molecular complexity index is 591. The third-order valence-corrected chi connectivity index (χ3v) is 2.81. The van der Waals surface area contributed by atoms with E-state index in [9.17, 15) is 9.18 Å². The second-order valence-corrected chi connectivity index (χ2v) is 3.97. The summed E-state index contributed by atoms with van der Waals surface area (Å²) in [5, 5.41) is 0. The zero-order valence-electron chi connectivity index (χ0n) is 10.2. The summed E-state index contributed by atoms with van der Waals surface area (Å²) in [5.74, 6) is -0.777. The smallest absolute Gasteiger partial charge is 0.338 e. The first kappa shape index (κ1) is 12.3. The van der Waals surface area contributed by atoms with Crippen molar-refractivity contribution in [3.63, 3.8) is 0 Å². The van der Waals surface area contributed by atoms with Crippen LogP contribution in [-0.4, -0.2) is 13.1 Å². The van der Waals surface area contributed by atoms with Crippen molar-refractivity contribution in [2.45, 2.75) is 6.92 Å². The van der Waals surface area contributed by atoms with Crippen LogP contribution in [0.4, 0.5) is 4.39 Å². The van der Waals surface area contributed by atoms with Crippen LogP contribution in [0.3, 0.4) is 0 Å². The van der Waals surface area contributed by atoms with E-state index in [4.69, 9.17) is 4.74 Å². The van der Waals surface area contributed by atoms with Crippen molar-refractivity contribution in [2.75, 3.05) is 7.11 Å². The molecule has 2 aromatic rings. The summed E-state index contributed by atoms with van der Waals surface area (Å²) >= 11 is 0. The number of hydrogen-bond acceptors (Lipinski definition) is 2. The lowest BCUT2D eigenvalue weighted by molar-refractivity contribution is 0.0601. The molecular formula is C15H13FO2. The van der Waals surface area contributed by atoms with Gasteiger partial charge in [0.2, 0.25) is 0 Å². The fourth-order valence-corrected chi connectivity index (χ4v) is 1.86. The van der Waals surface area contributed by atoms with Crippen molar-refractivity contribution >= 4 is 5.97 Å². The summed E-state index contributed by atoms with van der Waals surface area (Å²) in [7, 11) is 1.31. The molecule has 0 amide bonds. The second kappa shape index (κ2) is 5.00. The van der Waals surface area contributed by atoms with Crippen molar-refractivity contribution in [1.29, 1.82) is 0 Å². The summed E-state index contributed by atoms with van der Waals surface area (Å²) in [6.07, 6.45) is 0. The van der Waals surface area contributed by atoms with Crippen LogP contribution in [0, 0.1) is 12.7 Å². The molecule has 0 aliphatic rings. The molecule has 0 spiro atoms. The number of halogens is 1. The number of aryl methyl sites for hydroxylation is 1. The molecule has 2 rings (SSSR count).